The van der Waals surface area contributed by atoms with Crippen molar-refractivity contribution >= 4 is 23.1 Å². The van der Waals surface area contributed by atoms with E-state index in [2.05, 4.69) is 34.2 Å². The Kier molecular flexibility index (Phi) is 7.07. The summed E-state index contributed by atoms with van der Waals surface area (Å²) in [5.41, 5.74) is 1.60. The van der Waals surface area contributed by atoms with Crippen molar-refractivity contribution in [3.05, 3.63) is 56.3 Å². The third-order valence-corrected chi connectivity index (χ3v) is 6.13. The van der Waals surface area contributed by atoms with Crippen LogP contribution in [0.15, 0.2) is 39.6 Å². The number of aromatic nitrogens is 3. The summed E-state index contributed by atoms with van der Waals surface area (Å²) in [4.78, 5) is 24.3. The average molecular weight is 427 g/mol. The van der Waals surface area contributed by atoms with Crippen LogP contribution in [0.2, 0.25) is 0 Å². The molecule has 0 aliphatic rings. The highest BCUT2D eigenvalue weighted by molar-refractivity contribution is 7.98. The maximum Gasteiger partial charge on any atom is 0.270 e. The van der Waals surface area contributed by atoms with E-state index >= 15 is 0 Å². The Morgan fingerprint density at radius 2 is 2.03 bits per heavy atom. The summed E-state index contributed by atoms with van der Waals surface area (Å²) in [7, 11) is 1.59. The van der Waals surface area contributed by atoms with Crippen LogP contribution < -0.4 is 10.3 Å². The zero-order valence-corrected chi connectivity index (χ0v) is 18.2. The third kappa shape index (κ3) is 5.46. The van der Waals surface area contributed by atoms with Gasteiger partial charge in [-0.2, -0.15) is 5.26 Å². The van der Waals surface area contributed by atoms with Crippen molar-refractivity contribution in [3.8, 4) is 23.1 Å². The zero-order valence-electron chi connectivity index (χ0n) is 16.6. The van der Waals surface area contributed by atoms with Gasteiger partial charge in [0.1, 0.15) is 17.4 Å². The Labute approximate surface area is 178 Å². The van der Waals surface area contributed by atoms with Gasteiger partial charge in [0.15, 0.2) is 5.16 Å². The van der Waals surface area contributed by atoms with E-state index in [0.29, 0.717) is 33.8 Å². The maximum absolute atomic E-state index is 12.4. The number of benzene rings is 1. The molecule has 0 fully saturated rings. The van der Waals surface area contributed by atoms with E-state index in [-0.39, 0.29) is 5.56 Å². The van der Waals surface area contributed by atoms with Crippen molar-refractivity contribution in [2.75, 3.05) is 7.11 Å². The van der Waals surface area contributed by atoms with Crippen molar-refractivity contribution in [1.82, 2.24) is 15.0 Å². The van der Waals surface area contributed by atoms with Crippen LogP contribution in [-0.2, 0) is 12.2 Å². The highest BCUT2D eigenvalue weighted by Gasteiger charge is 2.14. The lowest BCUT2D eigenvalue weighted by atomic mass is 10.1. The molecule has 1 N–H and O–H groups in total. The number of aryl methyl sites for hydroxylation is 1. The van der Waals surface area contributed by atoms with Gasteiger partial charge in [0.05, 0.1) is 23.5 Å². The summed E-state index contributed by atoms with van der Waals surface area (Å²) in [6, 6.07) is 9.09. The second kappa shape index (κ2) is 9.72. The molecule has 0 aliphatic heterocycles. The lowest BCUT2D eigenvalue weighted by Gasteiger charge is -2.07. The van der Waals surface area contributed by atoms with Gasteiger partial charge in [0.25, 0.3) is 5.56 Å². The third-order valence-electron chi connectivity index (χ3n) is 4.26. The summed E-state index contributed by atoms with van der Waals surface area (Å²) >= 11 is 3.07. The topological polar surface area (TPSA) is 91.7 Å². The van der Waals surface area contributed by atoms with E-state index in [1.165, 1.54) is 11.8 Å². The van der Waals surface area contributed by atoms with Gasteiger partial charge in [-0.15, -0.1) is 11.3 Å². The van der Waals surface area contributed by atoms with Crippen LogP contribution in [-0.4, -0.2) is 22.1 Å². The Morgan fingerprint density at radius 1 is 1.28 bits per heavy atom. The Bertz CT molecular complexity index is 1070. The van der Waals surface area contributed by atoms with Crippen LogP contribution in [0, 0.1) is 17.2 Å². The molecule has 0 unspecified atom stereocenters. The summed E-state index contributed by atoms with van der Waals surface area (Å²) in [6.45, 7) is 4.41. The fourth-order valence-electron chi connectivity index (χ4n) is 2.67. The normalized spacial score (nSPS) is 10.9. The van der Waals surface area contributed by atoms with Crippen LogP contribution in [0.1, 0.15) is 36.5 Å². The number of thiazole rings is 1. The Morgan fingerprint density at radius 3 is 2.69 bits per heavy atom. The zero-order chi connectivity index (χ0) is 20.8. The molecule has 0 saturated heterocycles. The number of methoxy groups -OCH3 is 1. The summed E-state index contributed by atoms with van der Waals surface area (Å²) in [5.74, 6) is 1.96. The second-order valence-electron chi connectivity index (χ2n) is 6.89. The molecular weight excluding hydrogens is 404 g/mol. The number of ether oxygens (including phenoxy) is 1. The molecule has 0 saturated carbocycles. The van der Waals surface area contributed by atoms with Crippen LogP contribution in [0.25, 0.3) is 11.3 Å². The van der Waals surface area contributed by atoms with Crippen molar-refractivity contribution in [3.63, 3.8) is 0 Å². The highest BCUT2D eigenvalue weighted by atomic mass is 32.2. The van der Waals surface area contributed by atoms with Gasteiger partial charge < -0.3 is 9.72 Å². The van der Waals surface area contributed by atoms with Gasteiger partial charge in [-0.3, -0.25) is 4.79 Å². The summed E-state index contributed by atoms with van der Waals surface area (Å²) in [5, 5.41) is 13.1. The first kappa shape index (κ1) is 21.1. The summed E-state index contributed by atoms with van der Waals surface area (Å²) < 4.78 is 5.17. The standard InChI is InChI=1S/C21H22N4O2S2/c1-13(2)4-9-18-23-15(11-28-18)12-29-21-24-19(17(10-22)20(26)25-21)14-5-7-16(27-3)8-6-14/h5-8,11,13H,4,9,12H2,1-3H3,(H,24,25,26). The van der Waals surface area contributed by atoms with Crippen molar-refractivity contribution in [2.24, 2.45) is 5.92 Å². The van der Waals surface area contributed by atoms with E-state index in [1.54, 1.807) is 42.7 Å². The predicted molar refractivity (Wildman–Crippen MR) is 116 cm³/mol. The molecule has 0 atom stereocenters. The molecule has 0 amide bonds. The second-order valence-corrected chi connectivity index (χ2v) is 8.80. The number of H-pyrrole nitrogens is 1. The molecule has 0 bridgehead atoms. The minimum Gasteiger partial charge on any atom is -0.497 e. The molecule has 0 radical (unpaired) electrons. The average Bonchev–Trinajstić information content (AvgIpc) is 3.18. The fourth-order valence-corrected chi connectivity index (χ4v) is 4.34. The highest BCUT2D eigenvalue weighted by Crippen LogP contribution is 2.26. The first-order chi connectivity index (χ1) is 14.0. The number of nitrogens with one attached hydrogen (secondary N) is 1. The number of nitriles is 1. The quantitative estimate of drug-likeness (QED) is 0.416. The van der Waals surface area contributed by atoms with Gasteiger partial charge in [-0.25, -0.2) is 9.97 Å². The van der Waals surface area contributed by atoms with Gasteiger partial charge in [-0.05, 0) is 43.0 Å². The van der Waals surface area contributed by atoms with E-state index in [9.17, 15) is 10.1 Å². The van der Waals surface area contributed by atoms with E-state index in [0.717, 1.165) is 23.5 Å². The van der Waals surface area contributed by atoms with Crippen LogP contribution in [0.5, 0.6) is 5.75 Å². The first-order valence-electron chi connectivity index (χ1n) is 9.25. The van der Waals surface area contributed by atoms with Gasteiger partial charge >= 0.3 is 0 Å². The molecule has 29 heavy (non-hydrogen) atoms. The first-order valence-corrected chi connectivity index (χ1v) is 11.1. The minimum absolute atomic E-state index is 0.00384. The van der Waals surface area contributed by atoms with Gasteiger partial charge in [0, 0.05) is 16.7 Å². The van der Waals surface area contributed by atoms with E-state index in [4.69, 9.17) is 4.74 Å². The molecular formula is C21H22N4O2S2. The van der Waals surface area contributed by atoms with Crippen molar-refractivity contribution in [1.29, 1.82) is 5.26 Å². The number of rotatable bonds is 8. The number of hydrogen-bond acceptors (Lipinski definition) is 7. The maximum atomic E-state index is 12.4. The number of hydrogen-bond donors (Lipinski definition) is 1. The molecule has 3 aromatic rings. The smallest absolute Gasteiger partial charge is 0.270 e. The van der Waals surface area contributed by atoms with Crippen LogP contribution >= 0.6 is 23.1 Å². The van der Waals surface area contributed by atoms with Crippen molar-refractivity contribution < 1.29 is 4.74 Å². The summed E-state index contributed by atoms with van der Waals surface area (Å²) in [6.07, 6.45) is 2.11. The molecule has 1 aromatic carbocycles. The van der Waals surface area contributed by atoms with Gasteiger partial charge in [0.2, 0.25) is 0 Å². The Balaban J connectivity index is 1.79. The molecule has 2 heterocycles. The fraction of sp³-hybridized carbons (Fsp3) is 0.333. The molecule has 0 spiro atoms. The van der Waals surface area contributed by atoms with Gasteiger partial charge in [-0.1, -0.05) is 25.6 Å². The lowest BCUT2D eigenvalue weighted by molar-refractivity contribution is 0.415. The molecule has 6 nitrogen and oxygen atoms in total. The lowest BCUT2D eigenvalue weighted by Crippen LogP contribution is -2.14. The van der Waals surface area contributed by atoms with Crippen LogP contribution in [0.3, 0.4) is 0 Å². The minimum atomic E-state index is -0.438. The molecule has 150 valence electrons. The number of aromatic amines is 1. The molecule has 3 rings (SSSR count). The number of nitrogens with zero attached hydrogens (tertiary/aromatic N) is 3. The monoisotopic (exact) mass is 426 g/mol. The Hall–Kier alpha value is -2.63. The molecule has 8 heteroatoms. The van der Waals surface area contributed by atoms with E-state index < -0.39 is 5.56 Å². The number of thioether (sulfide) groups is 1. The van der Waals surface area contributed by atoms with E-state index in [1.807, 2.05) is 6.07 Å². The molecule has 2 aromatic heterocycles. The van der Waals surface area contributed by atoms with Crippen molar-refractivity contribution in [2.45, 2.75) is 37.6 Å². The predicted octanol–water partition coefficient (Wildman–Crippen LogP) is 4.65. The largest absolute Gasteiger partial charge is 0.497 e. The SMILES string of the molecule is COc1ccc(-c2nc(SCc3csc(CCC(C)C)n3)[nH]c(=O)c2C#N)cc1. The van der Waals surface area contributed by atoms with Crippen LogP contribution in [0.4, 0.5) is 0 Å². The molecule has 0 aliphatic carbocycles.